The first-order valence-corrected chi connectivity index (χ1v) is 9.81. The molecule has 4 rings (SSSR count). The van der Waals surface area contributed by atoms with Crippen LogP contribution in [0.4, 0.5) is 17.3 Å². The molecular formula is C23H26N4O. The van der Waals surface area contributed by atoms with Crippen molar-refractivity contribution in [1.29, 1.82) is 0 Å². The number of aromatic nitrogens is 2. The van der Waals surface area contributed by atoms with Crippen LogP contribution in [0.5, 0.6) is 0 Å². The zero-order valence-corrected chi connectivity index (χ0v) is 16.4. The molecule has 5 heteroatoms. The maximum atomic E-state index is 5.72. The first-order valence-electron chi connectivity index (χ1n) is 9.81. The Labute approximate surface area is 166 Å². The fourth-order valence-electron chi connectivity index (χ4n) is 3.54. The van der Waals surface area contributed by atoms with Crippen molar-refractivity contribution in [2.24, 2.45) is 0 Å². The van der Waals surface area contributed by atoms with Gasteiger partial charge in [-0.15, -0.1) is 0 Å². The summed E-state index contributed by atoms with van der Waals surface area (Å²) >= 11 is 0. The molecule has 2 aromatic carbocycles. The third-order valence-corrected chi connectivity index (χ3v) is 4.79. The van der Waals surface area contributed by atoms with Crippen molar-refractivity contribution in [3.63, 3.8) is 0 Å². The van der Waals surface area contributed by atoms with Gasteiger partial charge in [-0.2, -0.15) is 0 Å². The van der Waals surface area contributed by atoms with E-state index in [0.717, 1.165) is 48.9 Å². The van der Waals surface area contributed by atoms with Crippen molar-refractivity contribution in [2.75, 3.05) is 23.8 Å². The smallest absolute Gasteiger partial charge is 0.163 e. The second kappa shape index (κ2) is 8.40. The first kappa shape index (κ1) is 18.4. The van der Waals surface area contributed by atoms with E-state index >= 15 is 0 Å². The molecule has 28 heavy (non-hydrogen) atoms. The highest BCUT2D eigenvalue weighted by Gasteiger charge is 2.16. The lowest BCUT2D eigenvalue weighted by atomic mass is 10.1. The van der Waals surface area contributed by atoms with E-state index in [-0.39, 0.29) is 6.10 Å². The van der Waals surface area contributed by atoms with Crippen molar-refractivity contribution in [3.05, 3.63) is 65.7 Å². The van der Waals surface area contributed by atoms with E-state index in [1.54, 1.807) is 0 Å². The van der Waals surface area contributed by atoms with Crippen LogP contribution in [0.2, 0.25) is 0 Å². The number of nitrogens with one attached hydrogen (secondary N) is 2. The van der Waals surface area contributed by atoms with Gasteiger partial charge in [0.2, 0.25) is 0 Å². The number of hydrogen-bond acceptors (Lipinski definition) is 5. The van der Waals surface area contributed by atoms with Crippen LogP contribution in [-0.4, -0.2) is 29.2 Å². The molecule has 1 saturated heterocycles. The van der Waals surface area contributed by atoms with Crippen molar-refractivity contribution >= 4 is 17.3 Å². The third-order valence-electron chi connectivity index (χ3n) is 4.79. The molecule has 0 amide bonds. The fourth-order valence-corrected chi connectivity index (χ4v) is 3.54. The van der Waals surface area contributed by atoms with E-state index in [9.17, 15) is 0 Å². The SMILES string of the molecule is Cc1cc(C)cc(Nc2cc(NCC3CCCO3)nc(-c3ccccc3)n2)c1. The zero-order valence-electron chi connectivity index (χ0n) is 16.4. The van der Waals surface area contributed by atoms with Gasteiger partial charge in [0, 0.05) is 30.5 Å². The van der Waals surface area contributed by atoms with Gasteiger partial charge in [0.05, 0.1) is 6.10 Å². The highest BCUT2D eigenvalue weighted by atomic mass is 16.5. The van der Waals surface area contributed by atoms with Gasteiger partial charge in [0.1, 0.15) is 11.6 Å². The zero-order chi connectivity index (χ0) is 19.3. The van der Waals surface area contributed by atoms with Crippen LogP contribution in [0.1, 0.15) is 24.0 Å². The van der Waals surface area contributed by atoms with Gasteiger partial charge in [-0.3, -0.25) is 0 Å². The number of ether oxygens (including phenoxy) is 1. The van der Waals surface area contributed by atoms with E-state index in [1.165, 1.54) is 11.1 Å². The minimum Gasteiger partial charge on any atom is -0.376 e. The second-order valence-corrected chi connectivity index (χ2v) is 7.35. The van der Waals surface area contributed by atoms with Crippen LogP contribution in [0.25, 0.3) is 11.4 Å². The molecule has 2 N–H and O–H groups in total. The Balaban J connectivity index is 1.62. The normalized spacial score (nSPS) is 16.1. The second-order valence-electron chi connectivity index (χ2n) is 7.35. The third kappa shape index (κ3) is 4.67. The summed E-state index contributed by atoms with van der Waals surface area (Å²) in [6.07, 6.45) is 2.48. The molecule has 1 aliphatic heterocycles. The number of aryl methyl sites for hydroxylation is 2. The highest BCUT2D eigenvalue weighted by molar-refractivity contribution is 5.65. The van der Waals surface area contributed by atoms with E-state index < -0.39 is 0 Å². The Morgan fingerprint density at radius 1 is 0.964 bits per heavy atom. The predicted molar refractivity (Wildman–Crippen MR) is 114 cm³/mol. The molecule has 1 atom stereocenters. The Bertz CT molecular complexity index is 916. The van der Waals surface area contributed by atoms with Gasteiger partial charge in [-0.1, -0.05) is 36.4 Å². The van der Waals surface area contributed by atoms with E-state index in [1.807, 2.05) is 36.4 Å². The average molecular weight is 374 g/mol. The summed E-state index contributed by atoms with van der Waals surface area (Å²) in [4.78, 5) is 9.47. The minimum atomic E-state index is 0.256. The largest absolute Gasteiger partial charge is 0.376 e. The summed E-state index contributed by atoms with van der Waals surface area (Å²) in [5.41, 5.74) is 4.46. The number of rotatable bonds is 6. The Hall–Kier alpha value is -2.92. The molecular weight excluding hydrogens is 348 g/mol. The lowest BCUT2D eigenvalue weighted by molar-refractivity contribution is 0.120. The number of nitrogens with zero attached hydrogens (tertiary/aromatic N) is 2. The molecule has 0 radical (unpaired) electrons. The van der Waals surface area contributed by atoms with Gasteiger partial charge in [0.25, 0.3) is 0 Å². The quantitative estimate of drug-likeness (QED) is 0.629. The Kier molecular flexibility index (Phi) is 5.53. The minimum absolute atomic E-state index is 0.256. The summed E-state index contributed by atoms with van der Waals surface area (Å²) in [6.45, 7) is 5.81. The number of hydrogen-bond donors (Lipinski definition) is 2. The maximum absolute atomic E-state index is 5.72. The topological polar surface area (TPSA) is 59.1 Å². The number of benzene rings is 2. The molecule has 1 aromatic heterocycles. The fraction of sp³-hybridized carbons (Fsp3) is 0.304. The van der Waals surface area contributed by atoms with Crippen molar-refractivity contribution < 1.29 is 4.74 Å². The van der Waals surface area contributed by atoms with Crippen molar-refractivity contribution in [3.8, 4) is 11.4 Å². The summed E-state index contributed by atoms with van der Waals surface area (Å²) in [6, 6.07) is 18.4. The summed E-state index contributed by atoms with van der Waals surface area (Å²) in [5, 5.41) is 6.87. The summed E-state index contributed by atoms with van der Waals surface area (Å²) in [7, 11) is 0. The highest BCUT2D eigenvalue weighted by Crippen LogP contribution is 2.24. The lowest BCUT2D eigenvalue weighted by Gasteiger charge is -2.14. The molecule has 1 fully saturated rings. The lowest BCUT2D eigenvalue weighted by Crippen LogP contribution is -2.19. The van der Waals surface area contributed by atoms with Crippen LogP contribution >= 0.6 is 0 Å². The molecule has 1 aliphatic rings. The molecule has 5 nitrogen and oxygen atoms in total. The van der Waals surface area contributed by atoms with Crippen LogP contribution in [-0.2, 0) is 4.74 Å². The molecule has 0 spiro atoms. The van der Waals surface area contributed by atoms with Crippen LogP contribution in [0.3, 0.4) is 0 Å². The predicted octanol–water partition coefficient (Wildman–Crippen LogP) is 5.09. The Morgan fingerprint density at radius 3 is 2.43 bits per heavy atom. The van der Waals surface area contributed by atoms with Gasteiger partial charge >= 0.3 is 0 Å². The Morgan fingerprint density at radius 2 is 1.71 bits per heavy atom. The number of anilines is 3. The molecule has 2 heterocycles. The molecule has 3 aromatic rings. The molecule has 144 valence electrons. The van der Waals surface area contributed by atoms with Crippen LogP contribution in [0.15, 0.2) is 54.6 Å². The van der Waals surface area contributed by atoms with Crippen LogP contribution < -0.4 is 10.6 Å². The van der Waals surface area contributed by atoms with E-state index in [2.05, 4.69) is 42.7 Å². The molecule has 0 bridgehead atoms. The van der Waals surface area contributed by atoms with E-state index in [0.29, 0.717) is 5.82 Å². The van der Waals surface area contributed by atoms with Gasteiger partial charge < -0.3 is 15.4 Å². The van der Waals surface area contributed by atoms with E-state index in [4.69, 9.17) is 14.7 Å². The monoisotopic (exact) mass is 374 g/mol. The van der Waals surface area contributed by atoms with Crippen molar-refractivity contribution in [1.82, 2.24) is 9.97 Å². The van der Waals surface area contributed by atoms with Gasteiger partial charge in [-0.25, -0.2) is 9.97 Å². The molecule has 0 aliphatic carbocycles. The summed E-state index contributed by atoms with van der Waals surface area (Å²) in [5.74, 6) is 2.27. The van der Waals surface area contributed by atoms with Crippen molar-refractivity contribution in [2.45, 2.75) is 32.8 Å². The van der Waals surface area contributed by atoms with Crippen LogP contribution in [0, 0.1) is 13.8 Å². The first-order chi connectivity index (χ1) is 13.7. The standard InChI is InChI=1S/C23H26N4O/c1-16-11-17(2)13-19(12-16)25-22-14-21(24-15-20-9-6-10-28-20)26-23(27-22)18-7-4-3-5-8-18/h3-5,7-8,11-14,20H,6,9-10,15H2,1-2H3,(H2,24,25,26,27). The average Bonchev–Trinajstić information content (AvgIpc) is 3.20. The maximum Gasteiger partial charge on any atom is 0.163 e. The van der Waals surface area contributed by atoms with Gasteiger partial charge in [-0.05, 0) is 49.9 Å². The molecule has 0 saturated carbocycles. The summed E-state index contributed by atoms with van der Waals surface area (Å²) < 4.78 is 5.72. The molecule has 1 unspecified atom stereocenters. The van der Waals surface area contributed by atoms with Gasteiger partial charge in [0.15, 0.2) is 5.82 Å².